The maximum atomic E-state index is 11.3. The smallest absolute Gasteiger partial charge is 0.303 e. The summed E-state index contributed by atoms with van der Waals surface area (Å²) in [7, 11) is 0. The van der Waals surface area contributed by atoms with Gasteiger partial charge >= 0.3 is 5.97 Å². The summed E-state index contributed by atoms with van der Waals surface area (Å²) in [5.41, 5.74) is 1.06. The van der Waals surface area contributed by atoms with Crippen molar-refractivity contribution in [2.75, 3.05) is 0 Å². The Labute approximate surface area is 161 Å². The van der Waals surface area contributed by atoms with Crippen LogP contribution in [0.5, 0.6) is 0 Å². The van der Waals surface area contributed by atoms with Crippen molar-refractivity contribution in [2.24, 2.45) is 16.7 Å². The maximum absolute atomic E-state index is 11.3. The molecule has 0 amide bonds. The number of hydrogen-bond donors (Lipinski definition) is 1. The quantitative estimate of drug-likeness (QED) is 0.564. The summed E-state index contributed by atoms with van der Waals surface area (Å²) in [6.07, 6.45) is 26.7. The first kappa shape index (κ1) is 20.2. The van der Waals surface area contributed by atoms with Crippen LogP contribution in [0.25, 0.3) is 0 Å². The van der Waals surface area contributed by atoms with Crippen LogP contribution in [0.3, 0.4) is 0 Å². The van der Waals surface area contributed by atoms with Crippen LogP contribution in [0, 0.1) is 16.7 Å². The van der Waals surface area contributed by atoms with Gasteiger partial charge in [-0.25, -0.2) is 0 Å². The maximum Gasteiger partial charge on any atom is 0.303 e. The van der Waals surface area contributed by atoms with Gasteiger partial charge in [-0.2, -0.15) is 0 Å². The summed E-state index contributed by atoms with van der Waals surface area (Å²) in [4.78, 5) is 11.3. The molecule has 3 saturated carbocycles. The molecule has 2 nitrogen and oxygen atoms in total. The summed E-state index contributed by atoms with van der Waals surface area (Å²) >= 11 is 0. The van der Waals surface area contributed by atoms with Crippen LogP contribution >= 0.6 is 0 Å². The fourth-order valence-corrected chi connectivity index (χ4v) is 6.99. The van der Waals surface area contributed by atoms with E-state index >= 15 is 0 Å². The number of hydrogen-bond acceptors (Lipinski definition) is 1. The van der Waals surface area contributed by atoms with Gasteiger partial charge in [0.15, 0.2) is 0 Å². The topological polar surface area (TPSA) is 37.3 Å². The van der Waals surface area contributed by atoms with E-state index in [1.54, 1.807) is 0 Å². The number of carboxylic acids is 1. The minimum absolute atomic E-state index is 0.391. The average Bonchev–Trinajstić information content (AvgIpc) is 2.90. The van der Waals surface area contributed by atoms with Crippen molar-refractivity contribution in [3.05, 3.63) is 0 Å². The van der Waals surface area contributed by atoms with Gasteiger partial charge in [-0.3, -0.25) is 4.79 Å². The minimum atomic E-state index is -0.585. The van der Waals surface area contributed by atoms with E-state index < -0.39 is 5.97 Å². The molecule has 3 aliphatic carbocycles. The molecular formula is C24H42O2. The van der Waals surface area contributed by atoms with Gasteiger partial charge in [-0.15, -0.1) is 0 Å². The molecule has 0 aromatic heterocycles. The van der Waals surface area contributed by atoms with Crippen LogP contribution < -0.4 is 0 Å². The van der Waals surface area contributed by atoms with Crippen molar-refractivity contribution >= 4 is 5.97 Å². The van der Waals surface area contributed by atoms with Crippen LogP contribution in [-0.4, -0.2) is 11.1 Å². The summed E-state index contributed by atoms with van der Waals surface area (Å²) < 4.78 is 0. The molecule has 2 heteroatoms. The van der Waals surface area contributed by atoms with Gasteiger partial charge in [0.25, 0.3) is 0 Å². The second kappa shape index (κ2) is 9.60. The molecule has 26 heavy (non-hydrogen) atoms. The molecule has 1 N–H and O–H groups in total. The third kappa shape index (κ3) is 5.26. The average molecular weight is 363 g/mol. The van der Waals surface area contributed by atoms with Gasteiger partial charge in [0, 0.05) is 6.42 Å². The van der Waals surface area contributed by atoms with Crippen LogP contribution in [0.15, 0.2) is 0 Å². The normalized spacial score (nSPS) is 29.9. The molecule has 2 spiro atoms. The molecule has 150 valence electrons. The first-order chi connectivity index (χ1) is 12.6. The molecule has 3 aliphatic rings. The van der Waals surface area contributed by atoms with Crippen molar-refractivity contribution in [3.63, 3.8) is 0 Å². The van der Waals surface area contributed by atoms with Crippen LogP contribution in [0.4, 0.5) is 0 Å². The number of carboxylic acid groups (broad SMARTS) is 1. The van der Waals surface area contributed by atoms with Crippen molar-refractivity contribution < 1.29 is 9.90 Å². The van der Waals surface area contributed by atoms with Crippen LogP contribution in [0.1, 0.15) is 128 Å². The first-order valence-electron chi connectivity index (χ1n) is 11.9. The predicted octanol–water partition coefficient (Wildman–Crippen LogP) is 7.50. The highest BCUT2D eigenvalue weighted by atomic mass is 16.4. The lowest BCUT2D eigenvalue weighted by atomic mass is 9.66. The van der Waals surface area contributed by atoms with E-state index in [0.717, 1.165) is 6.42 Å². The molecule has 0 bridgehead atoms. The molecule has 0 saturated heterocycles. The number of rotatable bonds is 3. The molecule has 0 heterocycles. The molecule has 1 atom stereocenters. The van der Waals surface area contributed by atoms with E-state index in [0.29, 0.717) is 23.2 Å². The molecule has 0 aliphatic heterocycles. The standard InChI is InChI=1S/C24H42O2/c25-22(26)14-13-21-19-23(15-9-8-10-16-23)20-24(21)17-11-6-4-2-1-3-5-7-12-18-24/h21H,1-20H2,(H,25,26). The van der Waals surface area contributed by atoms with Crippen molar-refractivity contribution in [1.82, 2.24) is 0 Å². The Balaban J connectivity index is 1.74. The van der Waals surface area contributed by atoms with Gasteiger partial charge in [-0.1, -0.05) is 77.0 Å². The summed E-state index contributed by atoms with van der Waals surface area (Å²) in [6.45, 7) is 0. The van der Waals surface area contributed by atoms with Gasteiger partial charge < -0.3 is 5.11 Å². The number of carbonyl (C=O) groups is 1. The molecule has 0 radical (unpaired) electrons. The zero-order chi connectivity index (χ0) is 18.3. The third-order valence-corrected chi connectivity index (χ3v) is 8.24. The van der Waals surface area contributed by atoms with Gasteiger partial charge in [0.2, 0.25) is 0 Å². The highest BCUT2D eigenvalue weighted by Gasteiger charge is 2.52. The summed E-state index contributed by atoms with van der Waals surface area (Å²) in [6, 6.07) is 0. The van der Waals surface area contributed by atoms with E-state index in [1.807, 2.05) is 0 Å². The zero-order valence-electron chi connectivity index (χ0n) is 17.1. The van der Waals surface area contributed by atoms with E-state index in [1.165, 1.54) is 116 Å². The Morgan fingerprint density at radius 2 is 1.19 bits per heavy atom. The fraction of sp³-hybridized carbons (Fsp3) is 0.958. The largest absolute Gasteiger partial charge is 0.481 e. The van der Waals surface area contributed by atoms with E-state index in [2.05, 4.69) is 0 Å². The Morgan fingerprint density at radius 3 is 1.73 bits per heavy atom. The second-order valence-electron chi connectivity index (χ2n) is 10.1. The Kier molecular flexibility index (Phi) is 7.46. The minimum Gasteiger partial charge on any atom is -0.481 e. The molecule has 0 aromatic carbocycles. The summed E-state index contributed by atoms with van der Waals surface area (Å²) in [5.74, 6) is 0.0949. The lowest BCUT2D eigenvalue weighted by Crippen LogP contribution is -2.28. The Hall–Kier alpha value is -0.530. The molecule has 3 rings (SSSR count). The van der Waals surface area contributed by atoms with Crippen LogP contribution in [0.2, 0.25) is 0 Å². The first-order valence-corrected chi connectivity index (χ1v) is 11.9. The SMILES string of the molecule is O=C(O)CCC1CC2(CCCCC2)CC12CCCCCCCCCCC2. The second-order valence-corrected chi connectivity index (χ2v) is 10.1. The van der Waals surface area contributed by atoms with E-state index in [-0.39, 0.29) is 0 Å². The van der Waals surface area contributed by atoms with Crippen molar-refractivity contribution in [1.29, 1.82) is 0 Å². The third-order valence-electron chi connectivity index (χ3n) is 8.24. The van der Waals surface area contributed by atoms with Crippen molar-refractivity contribution in [3.8, 4) is 0 Å². The van der Waals surface area contributed by atoms with Crippen LogP contribution in [-0.2, 0) is 4.79 Å². The van der Waals surface area contributed by atoms with Crippen molar-refractivity contribution in [2.45, 2.75) is 128 Å². The van der Waals surface area contributed by atoms with Gasteiger partial charge in [-0.05, 0) is 61.7 Å². The highest BCUT2D eigenvalue weighted by Crippen LogP contribution is 2.63. The monoisotopic (exact) mass is 362 g/mol. The number of aliphatic carboxylic acids is 1. The van der Waals surface area contributed by atoms with E-state index in [4.69, 9.17) is 0 Å². The van der Waals surface area contributed by atoms with E-state index in [9.17, 15) is 9.90 Å². The lowest BCUT2D eigenvalue weighted by molar-refractivity contribution is -0.137. The predicted molar refractivity (Wildman–Crippen MR) is 108 cm³/mol. The fourth-order valence-electron chi connectivity index (χ4n) is 6.99. The van der Waals surface area contributed by atoms with Gasteiger partial charge in [0.05, 0.1) is 0 Å². The highest BCUT2D eigenvalue weighted by molar-refractivity contribution is 5.66. The Morgan fingerprint density at radius 1 is 0.731 bits per heavy atom. The zero-order valence-corrected chi connectivity index (χ0v) is 17.1. The summed E-state index contributed by atoms with van der Waals surface area (Å²) in [5, 5.41) is 9.31. The molecule has 3 fully saturated rings. The van der Waals surface area contributed by atoms with Gasteiger partial charge in [0.1, 0.15) is 0 Å². The lowest BCUT2D eigenvalue weighted by Gasteiger charge is -2.39. The molecule has 0 aromatic rings. The Bertz CT molecular complexity index is 423. The molecular weight excluding hydrogens is 320 g/mol. The molecule has 1 unspecified atom stereocenters.